The van der Waals surface area contributed by atoms with Crippen LogP contribution in [0, 0.1) is 0 Å². The summed E-state index contributed by atoms with van der Waals surface area (Å²) >= 11 is 0. The Bertz CT molecular complexity index is 1030. The van der Waals surface area contributed by atoms with E-state index in [1.807, 2.05) is 36.4 Å². The Morgan fingerprint density at radius 3 is 1.62 bits per heavy atom. The molecule has 0 saturated carbocycles. The van der Waals surface area contributed by atoms with Crippen LogP contribution in [-0.4, -0.2) is 50.0 Å². The van der Waals surface area contributed by atoms with Gasteiger partial charge < -0.3 is 13.6 Å². The monoisotopic (exact) mass is 548 g/mol. The molecule has 5 heteroatoms. The molecule has 2 unspecified atom stereocenters. The summed E-state index contributed by atoms with van der Waals surface area (Å²) in [6, 6.07) is 21.6. The van der Waals surface area contributed by atoms with E-state index in [0.717, 1.165) is 24.0 Å². The first kappa shape index (κ1) is 28.6. The molecule has 3 aliphatic rings. The summed E-state index contributed by atoms with van der Waals surface area (Å²) in [4.78, 5) is 14.9. The van der Waals surface area contributed by atoms with E-state index in [2.05, 4.69) is 65.8 Å². The minimum Gasteiger partial charge on any atom is -0.459 e. The summed E-state index contributed by atoms with van der Waals surface area (Å²) in [5, 5.41) is 0. The summed E-state index contributed by atoms with van der Waals surface area (Å²) in [5.74, 6) is -0.224. The zero-order valence-corrected chi connectivity index (χ0v) is 26.1. The summed E-state index contributed by atoms with van der Waals surface area (Å²) < 4.78 is 15.6. The van der Waals surface area contributed by atoms with Gasteiger partial charge in [0.25, 0.3) is 0 Å². The minimum absolute atomic E-state index is 0.0389. The predicted molar refractivity (Wildman–Crippen MR) is 161 cm³/mol. The quantitative estimate of drug-likeness (QED) is 0.181. The third-order valence-corrected chi connectivity index (χ3v) is 16.8. The molecule has 3 heterocycles. The molecule has 39 heavy (non-hydrogen) atoms. The first-order valence-corrected chi connectivity index (χ1v) is 17.7. The van der Waals surface area contributed by atoms with Gasteiger partial charge in [-0.25, -0.2) is 4.79 Å². The molecule has 0 radical (unpaired) electrons. The molecule has 0 aliphatic carbocycles. The number of esters is 1. The smallest absolute Gasteiger partial charge is 0.347 e. The molecule has 3 saturated heterocycles. The number of ether oxygens (including phenoxy) is 1. The van der Waals surface area contributed by atoms with Crippen LogP contribution in [-0.2, 0) is 19.6 Å². The lowest BCUT2D eigenvalue weighted by atomic mass is 9.86. The van der Waals surface area contributed by atoms with E-state index in [1.165, 1.54) is 43.3 Å². The Labute approximate surface area is 237 Å². The second kappa shape index (κ2) is 11.1. The second-order valence-electron chi connectivity index (χ2n) is 13.5. The van der Waals surface area contributed by atoms with Gasteiger partial charge in [0.05, 0.1) is 25.2 Å². The largest absolute Gasteiger partial charge is 0.459 e. The van der Waals surface area contributed by atoms with Crippen LogP contribution in [0.2, 0.25) is 16.6 Å². The molecule has 1 spiro atoms. The van der Waals surface area contributed by atoms with Gasteiger partial charge in [0.1, 0.15) is 6.10 Å². The second-order valence-corrected chi connectivity index (χ2v) is 18.8. The van der Waals surface area contributed by atoms with E-state index in [-0.39, 0.29) is 12.1 Å². The lowest BCUT2D eigenvalue weighted by Gasteiger charge is -2.50. The highest BCUT2D eigenvalue weighted by molar-refractivity contribution is 6.77. The summed E-state index contributed by atoms with van der Waals surface area (Å²) in [5.41, 5.74) is 1.47. The molecule has 0 amide bonds. The highest BCUT2D eigenvalue weighted by Gasteiger charge is 2.59. The maximum absolute atomic E-state index is 14.9. The third kappa shape index (κ3) is 4.72. The van der Waals surface area contributed by atoms with Crippen LogP contribution in [0.4, 0.5) is 0 Å². The van der Waals surface area contributed by atoms with E-state index < -0.39 is 13.9 Å². The highest BCUT2D eigenvalue weighted by Crippen LogP contribution is 2.51. The first-order chi connectivity index (χ1) is 18.7. The van der Waals surface area contributed by atoms with Gasteiger partial charge in [-0.15, -0.1) is 0 Å². The van der Waals surface area contributed by atoms with E-state index in [9.17, 15) is 4.79 Å². The third-order valence-electron chi connectivity index (χ3n) is 10.7. The fourth-order valence-corrected chi connectivity index (χ4v) is 14.6. The fraction of sp³-hybridized carbons (Fsp3) is 0.618. The van der Waals surface area contributed by atoms with Crippen molar-refractivity contribution in [2.24, 2.45) is 0 Å². The molecule has 0 aromatic heterocycles. The van der Waals surface area contributed by atoms with Crippen molar-refractivity contribution < 1.29 is 18.4 Å². The first-order valence-electron chi connectivity index (χ1n) is 15.6. The van der Waals surface area contributed by atoms with Crippen LogP contribution in [0.25, 0.3) is 0 Å². The van der Waals surface area contributed by atoms with E-state index in [4.69, 9.17) is 9.16 Å². The van der Waals surface area contributed by atoms with Crippen LogP contribution in [0.1, 0.15) is 91.2 Å². The molecule has 2 bridgehead atoms. The van der Waals surface area contributed by atoms with Gasteiger partial charge in [0, 0.05) is 38.5 Å². The highest BCUT2D eigenvalue weighted by atomic mass is 28.4. The topological polar surface area (TPSA) is 35.5 Å². The Morgan fingerprint density at radius 1 is 0.769 bits per heavy atom. The normalized spacial score (nSPS) is 24.7. The van der Waals surface area contributed by atoms with Gasteiger partial charge in [0.2, 0.25) is 13.9 Å². The van der Waals surface area contributed by atoms with Gasteiger partial charge in [-0.05, 0) is 27.8 Å². The average Bonchev–Trinajstić information content (AvgIpc) is 3.46. The number of rotatable bonds is 9. The lowest BCUT2D eigenvalue weighted by molar-refractivity contribution is -0.956. The maximum Gasteiger partial charge on any atom is 0.347 e. The number of carbonyl (C=O) groups excluding carboxylic acids is 1. The number of quaternary nitrogens is 1. The standard InChI is InChI=1S/C34H50NO3Si/c1-25(2)39(26(3)4,27(5)6)38-34(28-15-9-7-10-16-28,29-17-11-8-12-18-29)33(36)37-32-23-30-19-20-31(24-32)35(30)21-13-14-22-35/h7-12,15-18,25-27,30-32H,13-14,19-24H2,1-6H3/q+1. The van der Waals surface area contributed by atoms with Crippen molar-refractivity contribution in [1.29, 1.82) is 0 Å². The predicted octanol–water partition coefficient (Wildman–Crippen LogP) is 7.97. The molecule has 3 fully saturated rings. The Balaban J connectivity index is 1.58. The molecule has 2 atom stereocenters. The van der Waals surface area contributed by atoms with Crippen molar-refractivity contribution in [3.05, 3.63) is 71.8 Å². The van der Waals surface area contributed by atoms with E-state index >= 15 is 0 Å². The van der Waals surface area contributed by atoms with Crippen LogP contribution >= 0.6 is 0 Å². The molecule has 4 nitrogen and oxygen atoms in total. The van der Waals surface area contributed by atoms with Crippen molar-refractivity contribution in [2.45, 2.75) is 120 Å². The molecular formula is C34H50NO3Si+. The Morgan fingerprint density at radius 2 is 1.21 bits per heavy atom. The number of nitrogens with zero attached hydrogens (tertiary/aromatic N) is 1. The van der Waals surface area contributed by atoms with Gasteiger partial charge >= 0.3 is 5.97 Å². The summed E-state index contributed by atoms with van der Waals surface area (Å²) in [6.07, 6.45) is 7.20. The number of piperidine rings is 1. The molecule has 5 rings (SSSR count). The molecule has 2 aromatic rings. The average molecular weight is 549 g/mol. The molecule has 212 valence electrons. The number of hydrogen-bond donors (Lipinski definition) is 0. The summed E-state index contributed by atoms with van der Waals surface area (Å²) in [7, 11) is -2.50. The van der Waals surface area contributed by atoms with Gasteiger partial charge in [-0.3, -0.25) is 0 Å². The molecule has 3 aliphatic heterocycles. The van der Waals surface area contributed by atoms with Crippen molar-refractivity contribution >= 4 is 14.3 Å². The maximum atomic E-state index is 14.9. The zero-order valence-electron chi connectivity index (χ0n) is 25.1. The van der Waals surface area contributed by atoms with Gasteiger partial charge in [-0.2, -0.15) is 0 Å². The van der Waals surface area contributed by atoms with Crippen molar-refractivity contribution in [2.75, 3.05) is 13.1 Å². The van der Waals surface area contributed by atoms with Gasteiger partial charge in [-0.1, -0.05) is 102 Å². The number of carbonyl (C=O) groups is 1. The summed E-state index contributed by atoms with van der Waals surface area (Å²) in [6.45, 7) is 16.4. The lowest BCUT2D eigenvalue weighted by Crippen LogP contribution is -2.61. The Kier molecular flexibility index (Phi) is 8.16. The van der Waals surface area contributed by atoms with Crippen LogP contribution in [0.3, 0.4) is 0 Å². The van der Waals surface area contributed by atoms with E-state index in [1.54, 1.807) is 0 Å². The van der Waals surface area contributed by atoms with Gasteiger partial charge in [0.15, 0.2) is 0 Å². The van der Waals surface area contributed by atoms with Crippen molar-refractivity contribution in [3.63, 3.8) is 0 Å². The van der Waals surface area contributed by atoms with Crippen molar-refractivity contribution in [1.82, 2.24) is 0 Å². The SMILES string of the molecule is CC(C)[Si](OC(C(=O)OC1CC2CCC(C1)[N+]21CCCC1)(c1ccccc1)c1ccccc1)(C(C)C)C(C)C. The molecular weight excluding hydrogens is 498 g/mol. The van der Waals surface area contributed by atoms with Crippen molar-refractivity contribution in [3.8, 4) is 0 Å². The fourth-order valence-electron chi connectivity index (χ4n) is 9.07. The van der Waals surface area contributed by atoms with E-state index in [0.29, 0.717) is 28.7 Å². The van der Waals surface area contributed by atoms with Crippen LogP contribution in [0.15, 0.2) is 60.7 Å². The molecule has 0 N–H and O–H groups in total. The zero-order chi connectivity index (χ0) is 27.8. The number of benzene rings is 2. The van der Waals surface area contributed by atoms with Crippen LogP contribution < -0.4 is 0 Å². The number of hydrogen-bond acceptors (Lipinski definition) is 3. The Hall–Kier alpha value is -1.95. The molecule has 2 aromatic carbocycles. The van der Waals surface area contributed by atoms with Crippen LogP contribution in [0.5, 0.6) is 0 Å². The minimum atomic E-state index is -2.50.